The maximum Gasteiger partial charge on any atom is 0.410 e. The van der Waals surface area contributed by atoms with Gasteiger partial charge in [0.25, 0.3) is 0 Å². The van der Waals surface area contributed by atoms with E-state index in [4.69, 9.17) is 4.74 Å². The second-order valence-corrected chi connectivity index (χ2v) is 4.41. The van der Waals surface area contributed by atoms with Gasteiger partial charge in [-0.2, -0.15) is 0 Å². The Kier molecular flexibility index (Phi) is 2.50. The molecule has 1 saturated carbocycles. The summed E-state index contributed by atoms with van der Waals surface area (Å²) in [6.07, 6.45) is -0.870. The minimum Gasteiger partial charge on any atom is -0.444 e. The molecule has 13 heavy (non-hydrogen) atoms. The number of alkyl halides is 1. The molecule has 1 rings (SSSR count). The SMILES string of the molecule is CN(C(=O)OC(C)(C)C)[C@H]1C[C@H]1F. The van der Waals surface area contributed by atoms with Crippen LogP contribution < -0.4 is 0 Å². The first-order valence-electron chi connectivity index (χ1n) is 4.41. The molecule has 76 valence electrons. The van der Waals surface area contributed by atoms with Gasteiger partial charge in [-0.25, -0.2) is 9.18 Å². The Labute approximate surface area is 77.9 Å². The van der Waals surface area contributed by atoms with Gasteiger partial charge in [-0.05, 0) is 20.8 Å². The molecule has 1 aliphatic carbocycles. The van der Waals surface area contributed by atoms with Crippen LogP contribution in [0.2, 0.25) is 0 Å². The van der Waals surface area contributed by atoms with Gasteiger partial charge in [0.05, 0.1) is 6.04 Å². The molecular formula is C9H16FNO2. The standard InChI is InChI=1S/C9H16FNO2/c1-9(2,3)13-8(12)11(4)7-5-6(7)10/h6-7H,5H2,1-4H3/t6-,7+/m1/s1. The third-order valence-corrected chi connectivity index (χ3v) is 1.86. The van der Waals surface area contributed by atoms with Crippen molar-refractivity contribution in [3.05, 3.63) is 0 Å². The van der Waals surface area contributed by atoms with Gasteiger partial charge in [-0.3, -0.25) is 0 Å². The van der Waals surface area contributed by atoms with Gasteiger partial charge in [0.15, 0.2) is 0 Å². The van der Waals surface area contributed by atoms with Crippen molar-refractivity contribution < 1.29 is 13.9 Å². The largest absolute Gasteiger partial charge is 0.444 e. The summed E-state index contributed by atoms with van der Waals surface area (Å²) >= 11 is 0. The summed E-state index contributed by atoms with van der Waals surface area (Å²) in [6.45, 7) is 5.37. The fourth-order valence-electron chi connectivity index (χ4n) is 1.02. The van der Waals surface area contributed by atoms with E-state index in [1.807, 2.05) is 0 Å². The van der Waals surface area contributed by atoms with Crippen LogP contribution in [0.15, 0.2) is 0 Å². The Morgan fingerprint density at radius 3 is 2.31 bits per heavy atom. The molecule has 0 spiro atoms. The summed E-state index contributed by atoms with van der Waals surface area (Å²) in [5.41, 5.74) is -0.508. The van der Waals surface area contributed by atoms with Gasteiger partial charge in [0, 0.05) is 13.5 Å². The number of ether oxygens (including phenoxy) is 1. The van der Waals surface area contributed by atoms with Crippen LogP contribution in [0.1, 0.15) is 27.2 Å². The molecule has 0 heterocycles. The zero-order valence-corrected chi connectivity index (χ0v) is 8.50. The van der Waals surface area contributed by atoms with E-state index in [0.717, 1.165) is 0 Å². The van der Waals surface area contributed by atoms with Crippen LogP contribution in [0.25, 0.3) is 0 Å². The van der Waals surface area contributed by atoms with Crippen molar-refractivity contribution in [1.82, 2.24) is 4.90 Å². The molecule has 1 fully saturated rings. The Balaban J connectivity index is 2.39. The predicted molar refractivity (Wildman–Crippen MR) is 47.3 cm³/mol. The van der Waals surface area contributed by atoms with Gasteiger partial charge in [-0.15, -0.1) is 0 Å². The monoisotopic (exact) mass is 189 g/mol. The van der Waals surface area contributed by atoms with Crippen molar-refractivity contribution in [2.45, 2.75) is 45.0 Å². The number of amides is 1. The number of nitrogens with zero attached hydrogens (tertiary/aromatic N) is 1. The fourth-order valence-corrected chi connectivity index (χ4v) is 1.02. The lowest BCUT2D eigenvalue weighted by Gasteiger charge is -2.24. The summed E-state index contributed by atoms with van der Waals surface area (Å²) < 4.78 is 17.6. The summed E-state index contributed by atoms with van der Waals surface area (Å²) in [5, 5.41) is 0. The van der Waals surface area contributed by atoms with Crippen molar-refractivity contribution in [3.8, 4) is 0 Å². The second kappa shape index (κ2) is 3.16. The van der Waals surface area contributed by atoms with E-state index in [2.05, 4.69) is 0 Å². The molecule has 3 nitrogen and oxygen atoms in total. The summed E-state index contributed by atoms with van der Waals surface area (Å²) in [4.78, 5) is 12.7. The highest BCUT2D eigenvalue weighted by Crippen LogP contribution is 2.31. The number of hydrogen-bond acceptors (Lipinski definition) is 2. The highest BCUT2D eigenvalue weighted by molar-refractivity contribution is 5.68. The van der Waals surface area contributed by atoms with E-state index < -0.39 is 17.9 Å². The number of rotatable bonds is 1. The number of carbonyl (C=O) groups is 1. The van der Waals surface area contributed by atoms with Crippen LogP contribution in [-0.4, -0.2) is 35.9 Å². The average Bonchev–Trinajstić information content (AvgIpc) is 2.61. The van der Waals surface area contributed by atoms with E-state index in [-0.39, 0.29) is 6.04 Å². The first kappa shape index (κ1) is 10.3. The normalized spacial score (nSPS) is 26.8. The van der Waals surface area contributed by atoms with Crippen LogP contribution in [0.4, 0.5) is 9.18 Å². The molecule has 0 aliphatic heterocycles. The topological polar surface area (TPSA) is 29.5 Å². The quantitative estimate of drug-likeness (QED) is 0.631. The van der Waals surface area contributed by atoms with E-state index >= 15 is 0 Å². The number of halogens is 1. The molecular weight excluding hydrogens is 173 g/mol. The lowest BCUT2D eigenvalue weighted by atomic mass is 10.2. The van der Waals surface area contributed by atoms with Crippen LogP contribution in [0.5, 0.6) is 0 Å². The third-order valence-electron chi connectivity index (χ3n) is 1.86. The minimum atomic E-state index is -0.863. The lowest BCUT2D eigenvalue weighted by molar-refractivity contribution is 0.0272. The predicted octanol–water partition coefficient (Wildman–Crippen LogP) is 1.96. The number of hydrogen-bond donors (Lipinski definition) is 0. The Morgan fingerprint density at radius 2 is 2.00 bits per heavy atom. The summed E-state index contributed by atoms with van der Waals surface area (Å²) in [7, 11) is 1.57. The Hall–Kier alpha value is -0.800. The highest BCUT2D eigenvalue weighted by atomic mass is 19.1. The zero-order chi connectivity index (χ0) is 10.2. The van der Waals surface area contributed by atoms with Gasteiger partial charge in [0.2, 0.25) is 0 Å². The molecule has 0 aromatic carbocycles. The molecule has 0 aromatic heterocycles. The van der Waals surface area contributed by atoms with Crippen LogP contribution in [0, 0.1) is 0 Å². The fraction of sp³-hybridized carbons (Fsp3) is 0.889. The maximum atomic E-state index is 12.6. The maximum absolute atomic E-state index is 12.6. The van der Waals surface area contributed by atoms with Crippen molar-refractivity contribution in [2.24, 2.45) is 0 Å². The van der Waals surface area contributed by atoms with Crippen molar-refractivity contribution in [2.75, 3.05) is 7.05 Å². The molecule has 0 saturated heterocycles. The van der Waals surface area contributed by atoms with E-state index in [1.54, 1.807) is 27.8 Å². The van der Waals surface area contributed by atoms with Crippen molar-refractivity contribution in [3.63, 3.8) is 0 Å². The van der Waals surface area contributed by atoms with Gasteiger partial charge in [-0.1, -0.05) is 0 Å². The van der Waals surface area contributed by atoms with E-state index in [0.29, 0.717) is 6.42 Å². The first-order valence-corrected chi connectivity index (χ1v) is 4.41. The van der Waals surface area contributed by atoms with Crippen LogP contribution in [0.3, 0.4) is 0 Å². The molecule has 0 aromatic rings. The molecule has 1 amide bonds. The molecule has 0 bridgehead atoms. The molecule has 0 unspecified atom stereocenters. The number of carbonyl (C=O) groups excluding carboxylic acids is 1. The molecule has 0 N–H and O–H groups in total. The minimum absolute atomic E-state index is 0.269. The zero-order valence-electron chi connectivity index (χ0n) is 8.50. The highest BCUT2D eigenvalue weighted by Gasteiger charge is 2.44. The summed E-state index contributed by atoms with van der Waals surface area (Å²) in [6, 6.07) is -0.269. The first-order chi connectivity index (χ1) is 5.81. The van der Waals surface area contributed by atoms with E-state index in [9.17, 15) is 9.18 Å². The third kappa shape index (κ3) is 2.86. The van der Waals surface area contributed by atoms with E-state index in [1.165, 1.54) is 4.90 Å². The molecule has 0 radical (unpaired) electrons. The Bertz CT molecular complexity index is 212. The van der Waals surface area contributed by atoms with Crippen LogP contribution in [-0.2, 0) is 4.74 Å². The van der Waals surface area contributed by atoms with Crippen LogP contribution >= 0.6 is 0 Å². The molecule has 2 atom stereocenters. The second-order valence-electron chi connectivity index (χ2n) is 4.41. The average molecular weight is 189 g/mol. The smallest absolute Gasteiger partial charge is 0.410 e. The molecule has 1 aliphatic rings. The van der Waals surface area contributed by atoms with Gasteiger partial charge < -0.3 is 9.64 Å². The van der Waals surface area contributed by atoms with Gasteiger partial charge >= 0.3 is 6.09 Å². The molecule has 4 heteroatoms. The van der Waals surface area contributed by atoms with Crippen molar-refractivity contribution >= 4 is 6.09 Å². The Morgan fingerprint density at radius 1 is 1.54 bits per heavy atom. The summed E-state index contributed by atoms with van der Waals surface area (Å²) in [5.74, 6) is 0. The lowest BCUT2D eigenvalue weighted by Crippen LogP contribution is -2.36. The van der Waals surface area contributed by atoms with Gasteiger partial charge in [0.1, 0.15) is 11.8 Å². The van der Waals surface area contributed by atoms with Crippen molar-refractivity contribution in [1.29, 1.82) is 0 Å².